The van der Waals surface area contributed by atoms with Crippen LogP contribution in [0.2, 0.25) is 5.02 Å². The average Bonchev–Trinajstić information content (AvgIpc) is 2.03. The van der Waals surface area contributed by atoms with Crippen LogP contribution in [0, 0.1) is 0 Å². The van der Waals surface area contributed by atoms with E-state index in [1.807, 2.05) is 19.1 Å². The van der Waals surface area contributed by atoms with Crippen LogP contribution in [0.1, 0.15) is 6.92 Å². The zero-order chi connectivity index (χ0) is 9.84. The third-order valence-electron chi connectivity index (χ3n) is 1.50. The van der Waals surface area contributed by atoms with Gasteiger partial charge in [-0.15, -0.1) is 0 Å². The molecule has 0 heterocycles. The summed E-state index contributed by atoms with van der Waals surface area (Å²) < 4.78 is 11.6. The summed E-state index contributed by atoms with van der Waals surface area (Å²) in [7, 11) is -1.08. The topological polar surface area (TPSA) is 43.1 Å². The Kier molecular flexibility index (Phi) is 3.90. The summed E-state index contributed by atoms with van der Waals surface area (Å²) in [5.41, 5.74) is 5.54. The van der Waals surface area contributed by atoms with Gasteiger partial charge in [0.05, 0.1) is 20.7 Å². The lowest BCUT2D eigenvalue weighted by Gasteiger charge is -2.06. The van der Waals surface area contributed by atoms with Crippen LogP contribution >= 0.6 is 11.6 Å². The Morgan fingerprint density at radius 1 is 1.54 bits per heavy atom. The summed E-state index contributed by atoms with van der Waals surface area (Å²) in [5.74, 6) is 0.448. The molecule has 0 amide bonds. The molecule has 0 fully saturated rings. The first-order chi connectivity index (χ1) is 6.11. The van der Waals surface area contributed by atoms with Gasteiger partial charge in [-0.3, -0.25) is 4.21 Å². The lowest BCUT2D eigenvalue weighted by atomic mass is 10.4. The molecule has 0 bridgehead atoms. The first kappa shape index (κ1) is 10.7. The Bertz CT molecular complexity index is 314. The van der Waals surface area contributed by atoms with Gasteiger partial charge in [-0.05, 0) is 19.1 Å². The van der Waals surface area contributed by atoms with E-state index in [0.717, 1.165) is 0 Å². The maximum atomic E-state index is 11.6. The number of benzene rings is 1. The van der Waals surface area contributed by atoms with Crippen molar-refractivity contribution >= 4 is 22.4 Å². The molecule has 0 aliphatic rings. The third-order valence-corrected chi connectivity index (χ3v) is 3.61. The largest absolute Gasteiger partial charge is 0.327 e. The van der Waals surface area contributed by atoms with Gasteiger partial charge in [0.1, 0.15) is 0 Å². The van der Waals surface area contributed by atoms with E-state index in [1.54, 1.807) is 12.1 Å². The smallest absolute Gasteiger partial charge is 0.0574 e. The maximum absolute atomic E-state index is 11.6. The molecule has 0 aliphatic carbocycles. The fraction of sp³-hybridized carbons (Fsp3) is 0.333. The van der Waals surface area contributed by atoms with Crippen LogP contribution in [0.15, 0.2) is 29.2 Å². The molecule has 0 saturated carbocycles. The van der Waals surface area contributed by atoms with Gasteiger partial charge < -0.3 is 5.73 Å². The molecule has 1 aromatic rings. The van der Waals surface area contributed by atoms with Gasteiger partial charge in [0.2, 0.25) is 0 Å². The minimum atomic E-state index is -1.08. The Morgan fingerprint density at radius 2 is 2.15 bits per heavy atom. The van der Waals surface area contributed by atoms with Crippen molar-refractivity contribution in [3.05, 3.63) is 29.3 Å². The van der Waals surface area contributed by atoms with Gasteiger partial charge in [-0.1, -0.05) is 23.7 Å². The summed E-state index contributed by atoms with van der Waals surface area (Å²) in [6, 6.07) is 7.06. The number of rotatable bonds is 3. The van der Waals surface area contributed by atoms with Gasteiger partial charge in [0, 0.05) is 11.8 Å². The van der Waals surface area contributed by atoms with E-state index in [9.17, 15) is 4.21 Å². The predicted molar refractivity (Wildman–Crippen MR) is 56.4 cm³/mol. The highest BCUT2D eigenvalue weighted by atomic mass is 35.5. The normalized spacial score (nSPS) is 15.3. The minimum absolute atomic E-state index is 0.0721. The molecule has 2 unspecified atom stereocenters. The highest BCUT2D eigenvalue weighted by Crippen LogP contribution is 2.18. The van der Waals surface area contributed by atoms with E-state index >= 15 is 0 Å². The SMILES string of the molecule is CC(N)CS(=O)c1ccccc1Cl. The third kappa shape index (κ3) is 3.10. The molecule has 13 heavy (non-hydrogen) atoms. The maximum Gasteiger partial charge on any atom is 0.0574 e. The summed E-state index contributed by atoms with van der Waals surface area (Å²) >= 11 is 5.87. The number of hydrogen-bond acceptors (Lipinski definition) is 2. The highest BCUT2D eigenvalue weighted by Gasteiger charge is 2.09. The lowest BCUT2D eigenvalue weighted by molar-refractivity contribution is 0.676. The van der Waals surface area contributed by atoms with Gasteiger partial charge in [0.25, 0.3) is 0 Å². The molecule has 1 rings (SSSR count). The Hall–Kier alpha value is -0.380. The van der Waals surface area contributed by atoms with Crippen molar-refractivity contribution in [3.8, 4) is 0 Å². The van der Waals surface area contributed by atoms with Crippen molar-refractivity contribution < 1.29 is 4.21 Å². The second-order valence-electron chi connectivity index (χ2n) is 2.92. The zero-order valence-electron chi connectivity index (χ0n) is 7.37. The molecule has 0 saturated heterocycles. The predicted octanol–water partition coefficient (Wildman–Crippen LogP) is 1.79. The van der Waals surface area contributed by atoms with E-state index in [0.29, 0.717) is 15.7 Å². The fourth-order valence-electron chi connectivity index (χ4n) is 0.958. The second-order valence-corrected chi connectivity index (χ2v) is 4.79. The molecular weight excluding hydrogens is 206 g/mol. The molecular formula is C9H12ClNOS. The molecule has 1 aromatic carbocycles. The van der Waals surface area contributed by atoms with Crippen LogP contribution in [0.5, 0.6) is 0 Å². The lowest BCUT2D eigenvalue weighted by Crippen LogP contribution is -2.23. The van der Waals surface area contributed by atoms with Crippen molar-refractivity contribution in [2.75, 3.05) is 5.75 Å². The second kappa shape index (κ2) is 4.74. The first-order valence-corrected chi connectivity index (χ1v) is 5.69. The standard InChI is InChI=1S/C9H12ClNOS/c1-7(11)6-13(12)9-5-3-2-4-8(9)10/h2-5,7H,6,11H2,1H3. The number of halogens is 1. The summed E-state index contributed by atoms with van der Waals surface area (Å²) in [6.07, 6.45) is 0. The van der Waals surface area contributed by atoms with Gasteiger partial charge in [-0.25, -0.2) is 0 Å². The van der Waals surface area contributed by atoms with E-state index in [4.69, 9.17) is 17.3 Å². The molecule has 0 spiro atoms. The van der Waals surface area contributed by atoms with Crippen molar-refractivity contribution in [2.24, 2.45) is 5.73 Å². The summed E-state index contributed by atoms with van der Waals surface area (Å²) in [5, 5.41) is 0.543. The van der Waals surface area contributed by atoms with Crippen LogP contribution in [-0.4, -0.2) is 16.0 Å². The van der Waals surface area contributed by atoms with E-state index in [1.165, 1.54) is 0 Å². The van der Waals surface area contributed by atoms with Crippen LogP contribution in [-0.2, 0) is 10.8 Å². The summed E-state index contributed by atoms with van der Waals surface area (Å²) in [6.45, 7) is 1.83. The summed E-state index contributed by atoms with van der Waals surface area (Å²) in [4.78, 5) is 0.668. The van der Waals surface area contributed by atoms with Crippen molar-refractivity contribution in [3.63, 3.8) is 0 Å². The van der Waals surface area contributed by atoms with Crippen molar-refractivity contribution in [1.29, 1.82) is 0 Å². The fourth-order valence-corrected chi connectivity index (χ4v) is 2.52. The molecule has 2 nitrogen and oxygen atoms in total. The molecule has 72 valence electrons. The molecule has 0 aliphatic heterocycles. The Labute approximate surface area is 85.5 Å². The van der Waals surface area contributed by atoms with Crippen LogP contribution in [0.25, 0.3) is 0 Å². The monoisotopic (exact) mass is 217 g/mol. The zero-order valence-corrected chi connectivity index (χ0v) is 8.94. The number of nitrogens with two attached hydrogens (primary N) is 1. The van der Waals surface area contributed by atoms with Gasteiger partial charge in [-0.2, -0.15) is 0 Å². The van der Waals surface area contributed by atoms with Crippen LogP contribution in [0.3, 0.4) is 0 Å². The van der Waals surface area contributed by atoms with Crippen LogP contribution < -0.4 is 5.73 Å². The van der Waals surface area contributed by atoms with Crippen molar-refractivity contribution in [1.82, 2.24) is 0 Å². The quantitative estimate of drug-likeness (QED) is 0.839. The Morgan fingerprint density at radius 3 is 2.69 bits per heavy atom. The number of hydrogen-bond donors (Lipinski definition) is 1. The minimum Gasteiger partial charge on any atom is -0.327 e. The molecule has 2 atom stereocenters. The first-order valence-electron chi connectivity index (χ1n) is 3.99. The van der Waals surface area contributed by atoms with E-state index < -0.39 is 10.8 Å². The Balaban J connectivity index is 2.83. The molecule has 0 radical (unpaired) electrons. The van der Waals surface area contributed by atoms with Gasteiger partial charge in [0.15, 0.2) is 0 Å². The van der Waals surface area contributed by atoms with Gasteiger partial charge >= 0.3 is 0 Å². The molecule has 4 heteroatoms. The molecule has 0 aromatic heterocycles. The average molecular weight is 218 g/mol. The van der Waals surface area contributed by atoms with E-state index in [-0.39, 0.29) is 6.04 Å². The van der Waals surface area contributed by atoms with E-state index in [2.05, 4.69) is 0 Å². The molecule has 2 N–H and O–H groups in total. The van der Waals surface area contributed by atoms with Crippen molar-refractivity contribution in [2.45, 2.75) is 17.9 Å². The van der Waals surface area contributed by atoms with Crippen LogP contribution in [0.4, 0.5) is 0 Å². The highest BCUT2D eigenvalue weighted by molar-refractivity contribution is 7.85.